The van der Waals surface area contributed by atoms with Crippen molar-refractivity contribution in [3.05, 3.63) is 12.2 Å². The molecule has 4 heterocycles. The van der Waals surface area contributed by atoms with Crippen LogP contribution in [0, 0.1) is 35.0 Å². The van der Waals surface area contributed by atoms with Gasteiger partial charge in [0.15, 0.2) is 23.1 Å². The normalized spacial score (nSPS) is 31.4. The van der Waals surface area contributed by atoms with Gasteiger partial charge < -0.3 is 42.6 Å². The number of methoxy groups -OCH3 is 1. The minimum Gasteiger partial charge on any atom is -0.379 e. The molecule has 4 spiro atoms. The summed E-state index contributed by atoms with van der Waals surface area (Å²) in [7, 11) is 1.82. The Kier molecular flexibility index (Phi) is 23.0. The molecule has 4 saturated heterocycles. The average Bonchev–Trinajstić information content (AvgIpc) is 3.91. The van der Waals surface area contributed by atoms with Crippen molar-refractivity contribution in [1.29, 1.82) is 0 Å². The molecule has 6 aliphatic carbocycles. The molecule has 10 rings (SSSR count). The molecule has 0 N–H and O–H groups in total. The Morgan fingerprint density at radius 3 is 1.07 bits per heavy atom. The fourth-order valence-corrected chi connectivity index (χ4v) is 11.3. The van der Waals surface area contributed by atoms with Gasteiger partial charge in [0.2, 0.25) is 0 Å². The maximum atomic E-state index is 5.95. The summed E-state index contributed by atoms with van der Waals surface area (Å²) in [5.41, 5.74) is 1.88. The van der Waals surface area contributed by atoms with Crippen LogP contribution in [-0.2, 0) is 42.6 Å². The predicted molar refractivity (Wildman–Crippen MR) is 272 cm³/mol. The first-order chi connectivity index (χ1) is 31.8. The van der Waals surface area contributed by atoms with Crippen molar-refractivity contribution in [3.63, 3.8) is 0 Å². The van der Waals surface area contributed by atoms with Crippen LogP contribution in [0.4, 0.5) is 0 Å². The van der Waals surface area contributed by atoms with Gasteiger partial charge in [-0.2, -0.15) is 0 Å². The van der Waals surface area contributed by atoms with E-state index in [4.69, 9.17) is 42.6 Å². The first kappa shape index (κ1) is 57.3. The molecule has 10 aliphatic rings. The molecule has 6 saturated carbocycles. The van der Waals surface area contributed by atoms with Gasteiger partial charge in [0, 0.05) is 63.9 Å². The summed E-state index contributed by atoms with van der Waals surface area (Å²) in [6, 6.07) is 0. The largest absolute Gasteiger partial charge is 0.379 e. The summed E-state index contributed by atoms with van der Waals surface area (Å²) < 4.78 is 51.8. The maximum absolute atomic E-state index is 5.95. The molecule has 0 aromatic heterocycles. The van der Waals surface area contributed by atoms with Crippen molar-refractivity contribution in [2.75, 3.05) is 46.8 Å². The van der Waals surface area contributed by atoms with Crippen LogP contribution in [0.5, 0.6) is 0 Å². The van der Waals surface area contributed by atoms with Crippen LogP contribution in [0.1, 0.15) is 236 Å². The number of hydrogen-bond acceptors (Lipinski definition) is 9. The van der Waals surface area contributed by atoms with E-state index in [0.717, 1.165) is 127 Å². The first-order valence-electron chi connectivity index (χ1n) is 28.2. The fourth-order valence-electron chi connectivity index (χ4n) is 11.3. The molecule has 67 heavy (non-hydrogen) atoms. The van der Waals surface area contributed by atoms with Crippen LogP contribution in [0.3, 0.4) is 0 Å². The Hall–Kier alpha value is -0.620. The number of hydrogen-bond donors (Lipinski definition) is 0. The van der Waals surface area contributed by atoms with E-state index in [1.165, 1.54) is 115 Å². The average molecular weight is 947 g/mol. The van der Waals surface area contributed by atoms with Crippen LogP contribution in [-0.4, -0.2) is 87.7 Å². The van der Waals surface area contributed by atoms with Crippen LogP contribution in [0.2, 0.25) is 0 Å². The Labute approximate surface area is 412 Å². The zero-order valence-corrected chi connectivity index (χ0v) is 45.6. The van der Waals surface area contributed by atoms with Gasteiger partial charge in [-0.3, -0.25) is 0 Å². The molecule has 0 radical (unpaired) electrons. The van der Waals surface area contributed by atoms with E-state index in [0.29, 0.717) is 0 Å². The highest BCUT2D eigenvalue weighted by Crippen LogP contribution is 2.43. The van der Waals surface area contributed by atoms with Gasteiger partial charge in [0.05, 0.1) is 57.5 Å². The van der Waals surface area contributed by atoms with Gasteiger partial charge in [0.1, 0.15) is 0 Å². The van der Waals surface area contributed by atoms with Crippen molar-refractivity contribution in [3.8, 4) is 0 Å². The highest BCUT2D eigenvalue weighted by atomic mass is 16.8. The third-order valence-corrected chi connectivity index (χ3v) is 17.3. The third-order valence-electron chi connectivity index (χ3n) is 17.3. The Morgan fingerprint density at radius 1 is 0.403 bits per heavy atom. The summed E-state index contributed by atoms with van der Waals surface area (Å²) in [4.78, 5) is 0. The molecule has 4 aliphatic heterocycles. The lowest BCUT2D eigenvalue weighted by Crippen LogP contribution is -2.49. The number of rotatable bonds is 1. The topological polar surface area (TPSA) is 83.1 Å². The van der Waals surface area contributed by atoms with E-state index in [1.54, 1.807) is 0 Å². The van der Waals surface area contributed by atoms with E-state index in [1.807, 2.05) is 7.11 Å². The third kappa shape index (κ3) is 19.1. The predicted octanol–water partition coefficient (Wildman–Crippen LogP) is 15.1. The molecule has 0 aromatic rings. The second kappa shape index (κ2) is 26.9. The molecule has 0 amide bonds. The first-order valence-corrected chi connectivity index (χ1v) is 28.2. The summed E-state index contributed by atoms with van der Waals surface area (Å²) in [5.74, 6) is 3.68. The molecule has 392 valence electrons. The van der Waals surface area contributed by atoms with Gasteiger partial charge in [-0.15, -0.1) is 0 Å². The van der Waals surface area contributed by atoms with Crippen molar-refractivity contribution >= 4 is 0 Å². The van der Waals surface area contributed by atoms with E-state index in [9.17, 15) is 0 Å². The SMILES string of the molecule is C=C1CCC(C)CC1.CC1CCC2(CC1)OC(C)C(C)O2.CC1CCC2(CC1)OCC(C)(C)CO2.CC1CCC2(CC1)OCCCO2.CC1CCC2(CC1)OCCO2.COC1(C)CCCCC1. The Balaban J connectivity index is 0.000000152. The van der Waals surface area contributed by atoms with Crippen LogP contribution in [0.25, 0.3) is 0 Å². The zero-order valence-electron chi connectivity index (χ0n) is 45.6. The van der Waals surface area contributed by atoms with Crippen molar-refractivity contribution < 1.29 is 42.6 Å². The lowest BCUT2D eigenvalue weighted by molar-refractivity contribution is -0.312. The Morgan fingerprint density at radius 2 is 0.731 bits per heavy atom. The molecule has 2 unspecified atom stereocenters. The van der Waals surface area contributed by atoms with Gasteiger partial charge in [-0.25, -0.2) is 0 Å². The van der Waals surface area contributed by atoms with Crippen molar-refractivity contribution in [2.24, 2.45) is 35.0 Å². The highest BCUT2D eigenvalue weighted by molar-refractivity contribution is 4.97. The summed E-state index contributed by atoms with van der Waals surface area (Å²) in [6.45, 7) is 31.5. The van der Waals surface area contributed by atoms with Crippen molar-refractivity contribution in [2.45, 2.75) is 277 Å². The lowest BCUT2D eigenvalue weighted by Gasteiger charge is -2.46. The zero-order chi connectivity index (χ0) is 48.6. The molecule has 10 fully saturated rings. The number of ether oxygens (including phenoxy) is 9. The lowest BCUT2D eigenvalue weighted by atomic mass is 9.84. The van der Waals surface area contributed by atoms with Gasteiger partial charge in [-0.1, -0.05) is 79.9 Å². The van der Waals surface area contributed by atoms with Gasteiger partial charge >= 0.3 is 0 Å². The second-order valence-corrected chi connectivity index (χ2v) is 24.7. The molecular formula is C58H106O9. The van der Waals surface area contributed by atoms with Crippen molar-refractivity contribution in [1.82, 2.24) is 0 Å². The van der Waals surface area contributed by atoms with E-state index >= 15 is 0 Å². The molecule has 9 heteroatoms. The van der Waals surface area contributed by atoms with E-state index < -0.39 is 0 Å². The van der Waals surface area contributed by atoms with Gasteiger partial charge in [0.25, 0.3) is 0 Å². The van der Waals surface area contributed by atoms with Gasteiger partial charge in [-0.05, 0) is 147 Å². The monoisotopic (exact) mass is 947 g/mol. The minimum absolute atomic E-state index is 0.146. The quantitative estimate of drug-likeness (QED) is 0.239. The maximum Gasteiger partial charge on any atom is 0.169 e. The Bertz CT molecular complexity index is 1330. The van der Waals surface area contributed by atoms with Crippen LogP contribution >= 0.6 is 0 Å². The molecule has 9 nitrogen and oxygen atoms in total. The van der Waals surface area contributed by atoms with Crippen LogP contribution in [0.15, 0.2) is 12.2 Å². The number of allylic oxidation sites excluding steroid dienone is 1. The fraction of sp³-hybridized carbons (Fsp3) is 0.966. The summed E-state index contributed by atoms with van der Waals surface area (Å²) in [5, 5.41) is 0. The standard InChI is InChI=1S/C12H22O2.C11H20O2.C10H18O2.C9H16O2.C8H16O.C8H14/c1-10-4-6-12(7-5-10)13-8-11(2,3)9-14-12;1-8-4-6-11(7-5-8)12-9(2)10(3)13-11;1-9-3-5-10(6-4-9)11-7-2-8-12-10;1-8-2-4-9(5-3-8)10-6-7-11-9;1-8(9-2)6-4-3-5-7-8;1-7-3-5-8(2)6-4-7/h10H,4-9H2,1-3H3;8-10H,4-7H2,1-3H3;9H,2-8H2,1H3;8H,2-7H2,1H3;3-7H2,1-2H3;8H,1,3-6H2,2H3. The molecule has 0 aromatic carbocycles. The minimum atomic E-state index is -0.206. The highest BCUT2D eigenvalue weighted by Gasteiger charge is 2.46. The summed E-state index contributed by atoms with van der Waals surface area (Å²) in [6.07, 6.45) is 32.4. The molecule has 0 bridgehead atoms. The van der Waals surface area contributed by atoms with E-state index in [2.05, 4.69) is 75.8 Å². The smallest absolute Gasteiger partial charge is 0.169 e. The summed E-state index contributed by atoms with van der Waals surface area (Å²) >= 11 is 0. The molecular weight excluding hydrogens is 841 g/mol. The van der Waals surface area contributed by atoms with Crippen LogP contribution < -0.4 is 0 Å². The second-order valence-electron chi connectivity index (χ2n) is 24.7. The molecule has 2 atom stereocenters. The van der Waals surface area contributed by atoms with E-state index in [-0.39, 0.29) is 46.4 Å².